The molecule has 1 saturated heterocycles. The van der Waals surface area contributed by atoms with E-state index in [0.29, 0.717) is 31.0 Å². The summed E-state index contributed by atoms with van der Waals surface area (Å²) >= 11 is 1.11. The first-order valence-corrected chi connectivity index (χ1v) is 7.62. The van der Waals surface area contributed by atoms with E-state index in [4.69, 9.17) is 4.74 Å². The number of halogens is 2. The number of carbonyl (C=O) groups excluding carboxylic acids is 1. The van der Waals surface area contributed by atoms with E-state index in [1.165, 1.54) is 6.07 Å². The van der Waals surface area contributed by atoms with E-state index in [2.05, 4.69) is 5.32 Å². The smallest absolute Gasteiger partial charge is 0.230 e. The molecule has 2 N–H and O–H groups in total. The fourth-order valence-electron chi connectivity index (χ4n) is 1.96. The molecule has 0 aromatic heterocycles. The first-order chi connectivity index (χ1) is 9.98. The van der Waals surface area contributed by atoms with Crippen molar-refractivity contribution in [3.8, 4) is 0 Å². The molecule has 0 spiro atoms. The first kappa shape index (κ1) is 16.2. The molecule has 0 atom stereocenters. The highest BCUT2D eigenvalue weighted by Crippen LogP contribution is 2.21. The summed E-state index contributed by atoms with van der Waals surface area (Å²) in [5.74, 6) is -2.02. The number of amides is 1. The highest BCUT2D eigenvalue weighted by atomic mass is 32.2. The van der Waals surface area contributed by atoms with Gasteiger partial charge in [0.05, 0.1) is 11.4 Å². The molecule has 0 bridgehead atoms. The summed E-state index contributed by atoms with van der Waals surface area (Å²) < 4.78 is 30.9. The van der Waals surface area contributed by atoms with Gasteiger partial charge < -0.3 is 15.2 Å². The van der Waals surface area contributed by atoms with Gasteiger partial charge in [-0.15, -0.1) is 11.8 Å². The van der Waals surface area contributed by atoms with E-state index >= 15 is 0 Å². The molecule has 0 radical (unpaired) electrons. The third kappa shape index (κ3) is 4.94. The Kier molecular flexibility index (Phi) is 5.55. The van der Waals surface area contributed by atoms with Gasteiger partial charge in [0.1, 0.15) is 0 Å². The molecule has 0 unspecified atom stereocenters. The maximum Gasteiger partial charge on any atom is 0.230 e. The minimum atomic E-state index is -0.933. The molecule has 116 valence electrons. The summed E-state index contributed by atoms with van der Waals surface area (Å²) in [6.45, 7) is 1.14. The molecule has 1 heterocycles. The molecule has 1 aromatic rings. The largest absolute Gasteiger partial charge is 0.388 e. The summed E-state index contributed by atoms with van der Waals surface area (Å²) in [4.78, 5) is 12.2. The maximum atomic E-state index is 13.0. The summed E-state index contributed by atoms with van der Waals surface area (Å²) in [5.41, 5.74) is -0.916. The van der Waals surface area contributed by atoms with Crippen LogP contribution < -0.4 is 5.32 Å². The Morgan fingerprint density at radius 2 is 2.05 bits per heavy atom. The van der Waals surface area contributed by atoms with Gasteiger partial charge in [-0.1, -0.05) is 0 Å². The van der Waals surface area contributed by atoms with E-state index in [0.717, 1.165) is 23.9 Å². The molecular formula is C14H17F2NO3S. The van der Waals surface area contributed by atoms with Crippen LogP contribution in [0, 0.1) is 11.6 Å². The van der Waals surface area contributed by atoms with Gasteiger partial charge in [-0.2, -0.15) is 0 Å². The Morgan fingerprint density at radius 1 is 1.33 bits per heavy atom. The van der Waals surface area contributed by atoms with E-state index < -0.39 is 17.2 Å². The van der Waals surface area contributed by atoms with E-state index in [9.17, 15) is 18.7 Å². The number of hydrogen-bond acceptors (Lipinski definition) is 4. The number of carbonyl (C=O) groups is 1. The van der Waals surface area contributed by atoms with Crippen LogP contribution in [0.1, 0.15) is 12.8 Å². The lowest BCUT2D eigenvalue weighted by Crippen LogP contribution is -2.47. The standard InChI is InChI=1S/C14H17F2NO3S/c15-11-2-1-10(7-12(11)16)21-8-13(18)17-9-14(19)3-5-20-6-4-14/h1-2,7,19H,3-6,8-9H2,(H,17,18). The van der Waals surface area contributed by atoms with Crippen molar-refractivity contribution in [3.63, 3.8) is 0 Å². The normalized spacial score (nSPS) is 17.5. The Balaban J connectivity index is 1.75. The van der Waals surface area contributed by atoms with Gasteiger partial charge in [0.15, 0.2) is 11.6 Å². The molecule has 1 aliphatic heterocycles. The molecule has 0 aliphatic carbocycles. The molecule has 1 aliphatic rings. The Hall–Kier alpha value is -1.18. The summed E-state index contributed by atoms with van der Waals surface area (Å²) in [7, 11) is 0. The minimum Gasteiger partial charge on any atom is -0.388 e. The first-order valence-electron chi connectivity index (χ1n) is 6.63. The van der Waals surface area contributed by atoms with E-state index in [-0.39, 0.29) is 18.2 Å². The lowest BCUT2D eigenvalue weighted by molar-refractivity contribution is -0.121. The van der Waals surface area contributed by atoms with Crippen LogP contribution >= 0.6 is 11.8 Å². The van der Waals surface area contributed by atoms with Crippen LogP contribution in [0.2, 0.25) is 0 Å². The van der Waals surface area contributed by atoms with E-state index in [1.54, 1.807) is 0 Å². The second-order valence-electron chi connectivity index (χ2n) is 4.98. The lowest BCUT2D eigenvalue weighted by Gasteiger charge is -2.32. The van der Waals surface area contributed by atoms with Gasteiger partial charge >= 0.3 is 0 Å². The second-order valence-corrected chi connectivity index (χ2v) is 6.03. The Labute approximate surface area is 125 Å². The van der Waals surface area contributed by atoms with Gasteiger partial charge in [0.25, 0.3) is 0 Å². The molecule has 1 fully saturated rings. The highest BCUT2D eigenvalue weighted by Gasteiger charge is 2.29. The molecule has 1 aromatic carbocycles. The molecule has 1 amide bonds. The summed E-state index contributed by atoms with van der Waals surface area (Å²) in [5, 5.41) is 12.8. The molecule has 21 heavy (non-hydrogen) atoms. The monoisotopic (exact) mass is 317 g/mol. The third-order valence-electron chi connectivity index (χ3n) is 3.30. The quantitative estimate of drug-likeness (QED) is 0.812. The van der Waals surface area contributed by atoms with Crippen molar-refractivity contribution in [3.05, 3.63) is 29.8 Å². The topological polar surface area (TPSA) is 58.6 Å². The Bertz CT molecular complexity index is 507. The van der Waals surface area contributed by atoms with Crippen molar-refractivity contribution >= 4 is 17.7 Å². The number of nitrogens with one attached hydrogen (secondary N) is 1. The van der Waals surface area contributed by atoms with Crippen LogP contribution in [-0.2, 0) is 9.53 Å². The average Bonchev–Trinajstić information content (AvgIpc) is 2.47. The van der Waals surface area contributed by atoms with E-state index in [1.807, 2.05) is 0 Å². The van der Waals surface area contributed by atoms with Crippen LogP contribution in [0.3, 0.4) is 0 Å². The number of benzene rings is 1. The molecular weight excluding hydrogens is 300 g/mol. The number of ether oxygens (including phenoxy) is 1. The predicted octanol–water partition coefficient (Wildman–Crippen LogP) is 1.71. The number of thioether (sulfide) groups is 1. The highest BCUT2D eigenvalue weighted by molar-refractivity contribution is 8.00. The van der Waals surface area contributed by atoms with Gasteiger partial charge in [-0.05, 0) is 18.2 Å². The molecule has 2 rings (SSSR count). The average molecular weight is 317 g/mol. The summed E-state index contributed by atoms with van der Waals surface area (Å²) in [6.07, 6.45) is 0.979. The minimum absolute atomic E-state index is 0.0810. The second kappa shape index (κ2) is 7.20. The van der Waals surface area contributed by atoms with Gasteiger partial charge in [0.2, 0.25) is 5.91 Å². The van der Waals surface area contributed by atoms with Crippen molar-refractivity contribution in [2.75, 3.05) is 25.5 Å². The molecule has 4 nitrogen and oxygen atoms in total. The number of rotatable bonds is 5. The summed E-state index contributed by atoms with van der Waals surface area (Å²) in [6, 6.07) is 3.50. The van der Waals surface area contributed by atoms with Crippen LogP contribution in [0.15, 0.2) is 23.1 Å². The van der Waals surface area contributed by atoms with Crippen LogP contribution in [-0.4, -0.2) is 42.1 Å². The van der Waals surface area contributed by atoms with Gasteiger partial charge in [-0.3, -0.25) is 4.79 Å². The zero-order chi connectivity index (χ0) is 15.3. The SMILES string of the molecule is O=C(CSc1ccc(F)c(F)c1)NCC1(O)CCOCC1. The van der Waals surface area contributed by atoms with Crippen molar-refractivity contribution in [2.45, 2.75) is 23.3 Å². The lowest BCUT2D eigenvalue weighted by atomic mass is 9.94. The maximum absolute atomic E-state index is 13.0. The third-order valence-corrected chi connectivity index (χ3v) is 4.29. The number of aliphatic hydroxyl groups is 1. The van der Waals surface area contributed by atoms with Crippen LogP contribution in [0.25, 0.3) is 0 Å². The number of hydrogen-bond donors (Lipinski definition) is 2. The zero-order valence-corrected chi connectivity index (χ0v) is 12.2. The zero-order valence-electron chi connectivity index (χ0n) is 11.4. The van der Waals surface area contributed by atoms with Gasteiger partial charge in [-0.25, -0.2) is 8.78 Å². The molecule has 0 saturated carbocycles. The van der Waals surface area contributed by atoms with Crippen LogP contribution in [0.4, 0.5) is 8.78 Å². The van der Waals surface area contributed by atoms with Crippen molar-refractivity contribution in [1.29, 1.82) is 0 Å². The van der Waals surface area contributed by atoms with Crippen molar-refractivity contribution in [2.24, 2.45) is 0 Å². The Morgan fingerprint density at radius 3 is 2.71 bits per heavy atom. The molecule has 7 heteroatoms. The van der Waals surface area contributed by atoms with Gasteiger partial charge in [0, 0.05) is 37.5 Å². The fraction of sp³-hybridized carbons (Fsp3) is 0.500. The van der Waals surface area contributed by atoms with Crippen LogP contribution in [0.5, 0.6) is 0 Å². The van der Waals surface area contributed by atoms with Crippen molar-refractivity contribution in [1.82, 2.24) is 5.32 Å². The van der Waals surface area contributed by atoms with Crippen molar-refractivity contribution < 1.29 is 23.4 Å². The predicted molar refractivity (Wildman–Crippen MR) is 75.1 cm³/mol. The fourth-order valence-corrected chi connectivity index (χ4v) is 2.71.